The Morgan fingerprint density at radius 3 is 2.53 bits per heavy atom. The molecule has 3 rings (SSSR count). The molecule has 1 aromatic carbocycles. The van der Waals surface area contributed by atoms with Crippen molar-refractivity contribution in [3.05, 3.63) is 18.2 Å². The molecule has 0 aromatic heterocycles. The minimum Gasteiger partial charge on any atom is -0.378 e. The zero-order chi connectivity index (χ0) is 21.7. The van der Waals surface area contributed by atoms with Crippen molar-refractivity contribution in [3.63, 3.8) is 0 Å². The molecule has 10 nitrogen and oxygen atoms in total. The van der Waals surface area contributed by atoms with Gasteiger partial charge in [-0.15, -0.1) is 0 Å². The number of sulfonamides is 1. The van der Waals surface area contributed by atoms with Crippen LogP contribution in [0.3, 0.4) is 0 Å². The van der Waals surface area contributed by atoms with Gasteiger partial charge in [-0.1, -0.05) is 13.8 Å². The van der Waals surface area contributed by atoms with E-state index >= 15 is 0 Å². The van der Waals surface area contributed by atoms with E-state index in [1.807, 2.05) is 4.90 Å². The molecule has 1 aromatic rings. The van der Waals surface area contributed by atoms with E-state index in [-0.39, 0.29) is 29.4 Å². The smallest absolute Gasteiger partial charge is 0.271 e. The molecule has 0 aliphatic carbocycles. The molecule has 2 N–H and O–H groups in total. The molecule has 1 fully saturated rings. The molecular formula is C19H27N5O5S. The third kappa shape index (κ3) is 4.79. The lowest BCUT2D eigenvalue weighted by atomic mass is 10.1. The standard InChI is InChI=1S/C19H27N5O5S/c1-3-24(4-2)30(27,28)14-5-7-17(23-9-11-29-12-10-23)16(13-14)20-19(26)15-6-8-18(25)22-21-15/h5,7,13H,3-4,6,8-12H2,1-2H3,(H,20,26)(H,22,25). The van der Waals surface area contributed by atoms with Crippen LogP contribution in [-0.4, -0.2) is 69.6 Å². The third-order valence-electron chi connectivity index (χ3n) is 5.08. The van der Waals surface area contributed by atoms with Gasteiger partial charge in [0.15, 0.2) is 0 Å². The Morgan fingerprint density at radius 1 is 1.23 bits per heavy atom. The molecule has 0 radical (unpaired) electrons. The van der Waals surface area contributed by atoms with Gasteiger partial charge in [-0.05, 0) is 18.2 Å². The Hall–Kier alpha value is -2.50. The van der Waals surface area contributed by atoms with Crippen molar-refractivity contribution in [1.82, 2.24) is 9.73 Å². The highest BCUT2D eigenvalue weighted by Crippen LogP contribution is 2.31. The van der Waals surface area contributed by atoms with Crippen LogP contribution in [0.15, 0.2) is 28.2 Å². The fourth-order valence-electron chi connectivity index (χ4n) is 3.40. The zero-order valence-electron chi connectivity index (χ0n) is 17.2. The average Bonchev–Trinajstić information content (AvgIpc) is 2.75. The summed E-state index contributed by atoms with van der Waals surface area (Å²) in [4.78, 5) is 26.2. The van der Waals surface area contributed by atoms with E-state index in [2.05, 4.69) is 15.8 Å². The summed E-state index contributed by atoms with van der Waals surface area (Å²) in [7, 11) is -3.69. The van der Waals surface area contributed by atoms with Crippen LogP contribution < -0.4 is 15.6 Å². The molecule has 30 heavy (non-hydrogen) atoms. The summed E-state index contributed by atoms with van der Waals surface area (Å²) in [6.45, 7) is 6.61. The Bertz CT molecular complexity index is 937. The van der Waals surface area contributed by atoms with Gasteiger partial charge in [-0.2, -0.15) is 9.41 Å². The van der Waals surface area contributed by atoms with Crippen LogP contribution in [0.4, 0.5) is 11.4 Å². The molecule has 0 unspecified atom stereocenters. The monoisotopic (exact) mass is 437 g/mol. The summed E-state index contributed by atoms with van der Waals surface area (Å²) < 4.78 is 32.7. The molecule has 0 bridgehead atoms. The Morgan fingerprint density at radius 2 is 1.93 bits per heavy atom. The molecule has 0 atom stereocenters. The van der Waals surface area contributed by atoms with E-state index < -0.39 is 15.9 Å². The van der Waals surface area contributed by atoms with Crippen LogP contribution in [0.25, 0.3) is 0 Å². The summed E-state index contributed by atoms with van der Waals surface area (Å²) in [6, 6.07) is 4.76. The van der Waals surface area contributed by atoms with E-state index in [1.54, 1.807) is 26.0 Å². The molecule has 11 heteroatoms. The molecule has 0 saturated carbocycles. The fraction of sp³-hybridized carbons (Fsp3) is 0.526. The lowest BCUT2D eigenvalue weighted by Crippen LogP contribution is -2.37. The summed E-state index contributed by atoms with van der Waals surface area (Å²) >= 11 is 0. The van der Waals surface area contributed by atoms with Crippen molar-refractivity contribution in [1.29, 1.82) is 0 Å². The number of hydrogen-bond donors (Lipinski definition) is 2. The van der Waals surface area contributed by atoms with E-state index in [1.165, 1.54) is 10.4 Å². The molecule has 164 valence electrons. The topological polar surface area (TPSA) is 120 Å². The quantitative estimate of drug-likeness (QED) is 0.650. The third-order valence-corrected chi connectivity index (χ3v) is 7.12. The second kappa shape index (κ2) is 9.54. The Kier molecular flexibility index (Phi) is 7.06. The molecule has 0 spiro atoms. The van der Waals surface area contributed by atoms with Gasteiger partial charge in [0.05, 0.1) is 29.5 Å². The van der Waals surface area contributed by atoms with Crippen LogP contribution in [0.1, 0.15) is 26.7 Å². The molecule has 2 aliphatic heterocycles. The summed E-state index contributed by atoms with van der Waals surface area (Å²) in [5.41, 5.74) is 3.59. The minimum absolute atomic E-state index is 0.109. The van der Waals surface area contributed by atoms with Crippen molar-refractivity contribution in [2.24, 2.45) is 5.10 Å². The number of carbonyl (C=O) groups excluding carboxylic acids is 2. The maximum absolute atomic E-state index is 13.0. The van der Waals surface area contributed by atoms with Crippen LogP contribution in [0, 0.1) is 0 Å². The fourth-order valence-corrected chi connectivity index (χ4v) is 4.89. The molecule has 2 amide bonds. The van der Waals surface area contributed by atoms with Crippen LogP contribution >= 0.6 is 0 Å². The number of nitrogens with one attached hydrogen (secondary N) is 2. The maximum atomic E-state index is 13.0. The van der Waals surface area contributed by atoms with Gasteiger partial charge in [0.2, 0.25) is 15.9 Å². The van der Waals surface area contributed by atoms with Gasteiger partial charge in [-0.3, -0.25) is 9.59 Å². The van der Waals surface area contributed by atoms with Crippen LogP contribution in [0.5, 0.6) is 0 Å². The van der Waals surface area contributed by atoms with Crippen molar-refractivity contribution in [3.8, 4) is 0 Å². The Balaban J connectivity index is 1.96. The van der Waals surface area contributed by atoms with Gasteiger partial charge < -0.3 is 15.0 Å². The summed E-state index contributed by atoms with van der Waals surface area (Å²) in [5, 5.41) is 6.61. The number of ether oxygens (including phenoxy) is 1. The van der Waals surface area contributed by atoms with Gasteiger partial charge in [0.1, 0.15) is 5.71 Å². The lowest BCUT2D eigenvalue weighted by Gasteiger charge is -2.31. The number of amides is 2. The Labute approximate surface area is 176 Å². The number of hydrazone groups is 1. The number of benzene rings is 1. The average molecular weight is 438 g/mol. The predicted octanol–water partition coefficient (Wildman–Crippen LogP) is 0.758. The van der Waals surface area contributed by atoms with E-state index in [9.17, 15) is 18.0 Å². The van der Waals surface area contributed by atoms with Gasteiger partial charge in [0.25, 0.3) is 5.91 Å². The molecule has 2 heterocycles. The number of rotatable bonds is 7. The van der Waals surface area contributed by atoms with Gasteiger partial charge in [0, 0.05) is 39.0 Å². The number of nitrogens with zero attached hydrogens (tertiary/aromatic N) is 3. The first-order chi connectivity index (χ1) is 14.4. The summed E-state index contributed by atoms with van der Waals surface area (Å²) in [6.07, 6.45) is 0.404. The van der Waals surface area contributed by atoms with E-state index in [4.69, 9.17) is 4.74 Å². The highest BCUT2D eigenvalue weighted by molar-refractivity contribution is 7.89. The van der Waals surface area contributed by atoms with Crippen molar-refractivity contribution in [2.75, 3.05) is 49.6 Å². The van der Waals surface area contributed by atoms with Crippen molar-refractivity contribution >= 4 is 38.9 Å². The van der Waals surface area contributed by atoms with Gasteiger partial charge >= 0.3 is 0 Å². The second-order valence-electron chi connectivity index (χ2n) is 6.92. The predicted molar refractivity (Wildman–Crippen MR) is 113 cm³/mol. The lowest BCUT2D eigenvalue weighted by molar-refractivity contribution is -0.121. The van der Waals surface area contributed by atoms with E-state index in [0.717, 1.165) is 0 Å². The number of morpholine rings is 1. The van der Waals surface area contributed by atoms with E-state index in [0.29, 0.717) is 50.8 Å². The van der Waals surface area contributed by atoms with Crippen LogP contribution in [0.2, 0.25) is 0 Å². The van der Waals surface area contributed by atoms with Gasteiger partial charge in [-0.25, -0.2) is 13.8 Å². The molecule has 2 aliphatic rings. The van der Waals surface area contributed by atoms with Crippen molar-refractivity contribution in [2.45, 2.75) is 31.6 Å². The number of anilines is 2. The molecule has 1 saturated heterocycles. The highest BCUT2D eigenvalue weighted by atomic mass is 32.2. The first-order valence-electron chi connectivity index (χ1n) is 10.0. The number of hydrogen-bond acceptors (Lipinski definition) is 7. The molecular weight excluding hydrogens is 410 g/mol. The largest absolute Gasteiger partial charge is 0.378 e. The zero-order valence-corrected chi connectivity index (χ0v) is 18.0. The normalized spacial score (nSPS) is 17.5. The summed E-state index contributed by atoms with van der Waals surface area (Å²) in [5.74, 6) is -0.713. The number of carbonyl (C=O) groups is 2. The first kappa shape index (κ1) is 22.2. The SMILES string of the molecule is CCN(CC)S(=O)(=O)c1ccc(N2CCOCC2)c(NC(=O)C2=NNC(=O)CC2)c1. The minimum atomic E-state index is -3.69. The van der Waals surface area contributed by atoms with Crippen LogP contribution in [-0.2, 0) is 24.3 Å². The highest BCUT2D eigenvalue weighted by Gasteiger charge is 2.26. The second-order valence-corrected chi connectivity index (χ2v) is 8.85. The van der Waals surface area contributed by atoms with Crippen molar-refractivity contribution < 1.29 is 22.7 Å². The first-order valence-corrected chi connectivity index (χ1v) is 11.4. The maximum Gasteiger partial charge on any atom is 0.271 e.